The number of aliphatic carboxylic acids is 1. The summed E-state index contributed by atoms with van der Waals surface area (Å²) in [7, 11) is 0. The van der Waals surface area contributed by atoms with E-state index in [0.717, 1.165) is 11.1 Å². The van der Waals surface area contributed by atoms with Gasteiger partial charge in [-0.2, -0.15) is 0 Å². The quantitative estimate of drug-likeness (QED) is 0.667. The Bertz CT molecular complexity index is 987. The monoisotopic (exact) mass is 453 g/mol. The molecular weight excluding hydrogens is 422 g/mol. The number of carbonyl (C=O) groups excluding carboxylic acids is 2. The Kier molecular flexibility index (Phi) is 7.58. The zero-order valence-electron chi connectivity index (χ0n) is 19.3. The van der Waals surface area contributed by atoms with Crippen LogP contribution in [0.25, 0.3) is 11.1 Å². The third kappa shape index (κ3) is 6.97. The van der Waals surface area contributed by atoms with Gasteiger partial charge in [0.2, 0.25) is 5.91 Å². The van der Waals surface area contributed by atoms with Gasteiger partial charge >= 0.3 is 12.1 Å². The number of carboxylic acid groups (broad SMARTS) is 1. The molecule has 176 valence electrons. The van der Waals surface area contributed by atoms with Crippen molar-refractivity contribution in [1.29, 1.82) is 0 Å². The second kappa shape index (κ2) is 10.4. The van der Waals surface area contributed by atoms with Crippen molar-refractivity contribution in [2.24, 2.45) is 0 Å². The van der Waals surface area contributed by atoms with Crippen molar-refractivity contribution in [2.75, 3.05) is 31.1 Å². The normalized spacial score (nSPS) is 15.7. The van der Waals surface area contributed by atoms with Gasteiger partial charge in [0.15, 0.2) is 0 Å². The van der Waals surface area contributed by atoms with Crippen molar-refractivity contribution >= 4 is 23.7 Å². The highest BCUT2D eigenvalue weighted by molar-refractivity contribution is 5.88. The van der Waals surface area contributed by atoms with Crippen LogP contribution in [0.3, 0.4) is 0 Å². The number of amides is 2. The number of rotatable bonds is 7. The van der Waals surface area contributed by atoms with Gasteiger partial charge in [0.25, 0.3) is 0 Å². The molecule has 1 aliphatic rings. The highest BCUT2D eigenvalue weighted by Crippen LogP contribution is 2.30. The fraction of sp³-hybridized carbons (Fsp3) is 0.400. The number of carboxylic acids is 1. The number of para-hydroxylation sites is 1. The zero-order valence-corrected chi connectivity index (χ0v) is 19.3. The summed E-state index contributed by atoms with van der Waals surface area (Å²) in [5.41, 5.74) is 1.89. The van der Waals surface area contributed by atoms with E-state index in [1.165, 1.54) is 0 Å². The summed E-state index contributed by atoms with van der Waals surface area (Å²) in [6.45, 7) is 5.85. The molecule has 1 atom stereocenters. The van der Waals surface area contributed by atoms with E-state index in [0.29, 0.717) is 25.2 Å². The highest BCUT2D eigenvalue weighted by atomic mass is 16.6. The lowest BCUT2D eigenvalue weighted by Crippen LogP contribution is -2.44. The Balaban J connectivity index is 1.70. The molecule has 0 aromatic heterocycles. The van der Waals surface area contributed by atoms with Gasteiger partial charge in [-0.25, -0.2) is 4.79 Å². The molecule has 1 fully saturated rings. The molecule has 2 amide bonds. The molecule has 0 aliphatic carbocycles. The molecule has 1 saturated heterocycles. The topological polar surface area (TPSA) is 99.2 Å². The molecule has 1 unspecified atom stereocenters. The predicted molar refractivity (Wildman–Crippen MR) is 126 cm³/mol. The van der Waals surface area contributed by atoms with Crippen LogP contribution in [0.1, 0.15) is 27.2 Å². The van der Waals surface area contributed by atoms with Crippen molar-refractivity contribution in [3.05, 3.63) is 54.6 Å². The van der Waals surface area contributed by atoms with Gasteiger partial charge in [0.05, 0.1) is 12.6 Å². The summed E-state index contributed by atoms with van der Waals surface area (Å²) in [4.78, 5) is 39.9. The van der Waals surface area contributed by atoms with Crippen molar-refractivity contribution in [3.63, 3.8) is 0 Å². The van der Waals surface area contributed by atoms with Crippen LogP contribution < -0.4 is 10.2 Å². The van der Waals surface area contributed by atoms with Crippen LogP contribution in [-0.2, 0) is 14.3 Å². The van der Waals surface area contributed by atoms with E-state index in [9.17, 15) is 19.5 Å². The largest absolute Gasteiger partial charge is 0.480 e. The van der Waals surface area contributed by atoms with E-state index in [2.05, 4.69) is 5.32 Å². The molecule has 8 heteroatoms. The first-order valence-electron chi connectivity index (χ1n) is 11.0. The van der Waals surface area contributed by atoms with Crippen LogP contribution in [0, 0.1) is 0 Å². The molecule has 8 nitrogen and oxygen atoms in total. The van der Waals surface area contributed by atoms with Crippen molar-refractivity contribution in [1.82, 2.24) is 10.2 Å². The number of alkyl carbamates (subject to hydrolysis) is 1. The number of nitrogens with zero attached hydrogens (tertiary/aromatic N) is 2. The number of hydrogen-bond donors (Lipinski definition) is 2. The second-order valence-corrected chi connectivity index (χ2v) is 9.10. The van der Waals surface area contributed by atoms with Gasteiger partial charge in [-0.1, -0.05) is 48.5 Å². The van der Waals surface area contributed by atoms with Gasteiger partial charge in [0, 0.05) is 24.3 Å². The minimum atomic E-state index is -1.02. The summed E-state index contributed by atoms with van der Waals surface area (Å²) < 4.78 is 5.29. The summed E-state index contributed by atoms with van der Waals surface area (Å²) in [5, 5.41) is 12.3. The number of anilines is 1. The van der Waals surface area contributed by atoms with Gasteiger partial charge in [-0.05, 0) is 38.8 Å². The summed E-state index contributed by atoms with van der Waals surface area (Å²) in [5.74, 6) is -1.20. The van der Waals surface area contributed by atoms with Crippen LogP contribution in [0.5, 0.6) is 0 Å². The van der Waals surface area contributed by atoms with Crippen LogP contribution in [0.2, 0.25) is 0 Å². The van der Waals surface area contributed by atoms with Crippen LogP contribution >= 0.6 is 0 Å². The molecule has 3 rings (SSSR count). The molecule has 0 spiro atoms. The summed E-state index contributed by atoms with van der Waals surface area (Å²) in [6.07, 6.45) is 0.107. The number of hydrogen-bond acceptors (Lipinski definition) is 5. The Labute approximate surface area is 194 Å². The van der Waals surface area contributed by atoms with E-state index in [1.807, 2.05) is 54.6 Å². The zero-order chi connectivity index (χ0) is 24.0. The second-order valence-electron chi connectivity index (χ2n) is 9.10. The number of ether oxygens (including phenoxy) is 1. The minimum absolute atomic E-state index is 0.0741. The Hall–Kier alpha value is -3.55. The molecule has 0 saturated carbocycles. The third-order valence-electron chi connectivity index (χ3n) is 5.24. The van der Waals surface area contributed by atoms with E-state index in [1.54, 1.807) is 30.6 Å². The maximum absolute atomic E-state index is 13.1. The van der Waals surface area contributed by atoms with Crippen molar-refractivity contribution in [2.45, 2.75) is 38.8 Å². The fourth-order valence-electron chi connectivity index (χ4n) is 3.84. The number of benzene rings is 2. The molecule has 2 N–H and O–H groups in total. The molecule has 2 aromatic carbocycles. The average molecular weight is 454 g/mol. The smallest absolute Gasteiger partial charge is 0.407 e. The van der Waals surface area contributed by atoms with Crippen molar-refractivity contribution < 1.29 is 24.2 Å². The third-order valence-corrected chi connectivity index (χ3v) is 5.24. The molecule has 2 aromatic rings. The van der Waals surface area contributed by atoms with Gasteiger partial charge < -0.3 is 25.0 Å². The van der Waals surface area contributed by atoms with Crippen molar-refractivity contribution in [3.8, 4) is 11.1 Å². The average Bonchev–Trinajstić information content (AvgIpc) is 3.20. The van der Waals surface area contributed by atoms with Crippen LogP contribution in [0.15, 0.2) is 54.6 Å². The first-order chi connectivity index (χ1) is 15.6. The fourth-order valence-corrected chi connectivity index (χ4v) is 3.84. The van der Waals surface area contributed by atoms with E-state index in [-0.39, 0.29) is 25.0 Å². The Morgan fingerprint density at radius 1 is 1.06 bits per heavy atom. The number of nitrogens with one attached hydrogen (secondary N) is 1. The Morgan fingerprint density at radius 2 is 1.73 bits per heavy atom. The van der Waals surface area contributed by atoms with E-state index in [4.69, 9.17) is 4.74 Å². The first kappa shape index (κ1) is 24.1. The maximum Gasteiger partial charge on any atom is 0.407 e. The lowest BCUT2D eigenvalue weighted by Gasteiger charge is -2.27. The molecule has 0 bridgehead atoms. The highest BCUT2D eigenvalue weighted by Gasteiger charge is 2.30. The summed E-state index contributed by atoms with van der Waals surface area (Å²) in [6, 6.07) is 16.9. The molecule has 0 radical (unpaired) electrons. The lowest BCUT2D eigenvalue weighted by molar-refractivity contribution is -0.135. The van der Waals surface area contributed by atoms with Crippen LogP contribution in [-0.4, -0.2) is 65.8 Å². The molecule has 1 aliphatic heterocycles. The van der Waals surface area contributed by atoms with E-state index < -0.39 is 17.7 Å². The van der Waals surface area contributed by atoms with Gasteiger partial charge in [0.1, 0.15) is 12.1 Å². The lowest BCUT2D eigenvalue weighted by atomic mass is 10.0. The Morgan fingerprint density at radius 3 is 2.39 bits per heavy atom. The molecular formula is C25H31N3O5. The van der Waals surface area contributed by atoms with E-state index >= 15 is 0 Å². The SMILES string of the molecule is CC(C)(C)OC(=O)NC1CCN(C(=O)CN(CC(=O)O)c2ccccc2-c2ccccc2)C1. The minimum Gasteiger partial charge on any atom is -0.480 e. The predicted octanol–water partition coefficient (Wildman–Crippen LogP) is 3.37. The number of carbonyl (C=O) groups is 3. The number of likely N-dealkylation sites (tertiary alicyclic amines) is 1. The first-order valence-corrected chi connectivity index (χ1v) is 11.0. The standard InChI is InChI=1S/C25H31N3O5/c1-25(2,3)33-24(32)26-19-13-14-27(15-19)22(29)16-28(17-23(30)31)21-12-8-7-11-20(21)18-9-5-4-6-10-18/h4-12,19H,13-17H2,1-3H3,(H,26,32)(H,30,31). The van der Waals surface area contributed by atoms with Gasteiger partial charge in [-0.15, -0.1) is 0 Å². The molecule has 33 heavy (non-hydrogen) atoms. The summed E-state index contributed by atoms with van der Waals surface area (Å²) >= 11 is 0. The maximum atomic E-state index is 13.1. The van der Waals surface area contributed by atoms with Gasteiger partial charge in [-0.3, -0.25) is 9.59 Å². The van der Waals surface area contributed by atoms with Crippen LogP contribution in [0.4, 0.5) is 10.5 Å². The molecule has 1 heterocycles.